The molecule has 0 aromatic heterocycles. The van der Waals surface area contributed by atoms with Crippen molar-refractivity contribution in [2.24, 2.45) is 10.7 Å². The van der Waals surface area contributed by atoms with Gasteiger partial charge < -0.3 is 25.6 Å². The number of ether oxygens (including phenoxy) is 2. The second-order valence-electron chi connectivity index (χ2n) is 7.04. The number of rotatable bonds is 11. The number of hydrogen-bond donors (Lipinski definition) is 3. The average Bonchev–Trinajstić information content (AvgIpc) is 3.15. The standard InChI is InChI=1S/C23H28IN3O3/c1-3-5-19(16(2)14-28)27-20-9-10-23(25)26-13-22(20)29-11-4-6-17-7-8-18-21(12-17)30-15-24-18/h7-9,12-13,15,19,27-28H,2-6,11,14,25H2,1H3/t19-/m0/s1. The lowest BCUT2D eigenvalue weighted by Crippen LogP contribution is -2.32. The highest BCUT2D eigenvalue weighted by Gasteiger charge is 2.15. The summed E-state index contributed by atoms with van der Waals surface area (Å²) in [5, 5.41) is 12.9. The first-order valence-corrected chi connectivity index (χ1v) is 12.4. The highest BCUT2D eigenvalue weighted by Crippen LogP contribution is 2.30. The van der Waals surface area contributed by atoms with E-state index in [4.69, 9.17) is 15.2 Å². The van der Waals surface area contributed by atoms with Gasteiger partial charge in [0.15, 0.2) is 11.6 Å². The quantitative estimate of drug-likeness (QED) is 0.180. The van der Waals surface area contributed by atoms with Crippen molar-refractivity contribution in [1.82, 2.24) is 5.32 Å². The van der Waals surface area contributed by atoms with Crippen molar-refractivity contribution in [3.8, 4) is 5.75 Å². The number of aliphatic hydroxyl groups is 1. The Bertz CT molecular complexity index is 943. The minimum Gasteiger partial charge on any atom is -0.490 e. The molecule has 0 aliphatic carbocycles. The average molecular weight is 521 g/mol. The van der Waals surface area contributed by atoms with Crippen LogP contribution >= 0.6 is 20.7 Å². The maximum atomic E-state index is 9.49. The summed E-state index contributed by atoms with van der Waals surface area (Å²) >= 11 is -0.0880. The lowest BCUT2D eigenvalue weighted by atomic mass is 10.0. The van der Waals surface area contributed by atoms with Gasteiger partial charge in [-0.25, -0.2) is 4.99 Å². The Morgan fingerprint density at radius 3 is 3.13 bits per heavy atom. The summed E-state index contributed by atoms with van der Waals surface area (Å²) in [4.78, 5) is 4.17. The van der Waals surface area contributed by atoms with Crippen LogP contribution in [0.25, 0.3) is 0 Å². The lowest BCUT2D eigenvalue weighted by molar-refractivity contribution is 0.223. The second kappa shape index (κ2) is 11.2. The Morgan fingerprint density at radius 2 is 2.33 bits per heavy atom. The number of allylic oxidation sites excluding steroid dienone is 2. The normalized spacial score (nSPS) is 15.6. The van der Waals surface area contributed by atoms with Gasteiger partial charge in [-0.1, -0.05) is 31.7 Å². The molecule has 1 atom stereocenters. The van der Waals surface area contributed by atoms with Crippen molar-refractivity contribution in [3.05, 3.63) is 68.6 Å². The van der Waals surface area contributed by atoms with E-state index >= 15 is 0 Å². The number of nitrogens with one attached hydrogen (secondary N) is 1. The molecule has 0 unspecified atom stereocenters. The summed E-state index contributed by atoms with van der Waals surface area (Å²) in [7, 11) is 0. The van der Waals surface area contributed by atoms with Gasteiger partial charge in [-0.3, -0.25) is 0 Å². The van der Waals surface area contributed by atoms with E-state index in [1.807, 2.05) is 4.20 Å². The van der Waals surface area contributed by atoms with Crippen LogP contribution in [0.15, 0.2) is 64.4 Å². The molecule has 0 amide bonds. The first-order valence-electron chi connectivity index (χ1n) is 10.0. The van der Waals surface area contributed by atoms with E-state index in [0.29, 0.717) is 18.2 Å². The minimum atomic E-state index is -0.0880. The third-order valence-electron chi connectivity index (χ3n) is 4.75. The van der Waals surface area contributed by atoms with Gasteiger partial charge in [-0.15, -0.1) is 0 Å². The van der Waals surface area contributed by atoms with E-state index in [1.165, 1.54) is 9.13 Å². The summed E-state index contributed by atoms with van der Waals surface area (Å²) < 4.78 is 14.9. The number of aryl methyl sites for hydroxylation is 1. The largest absolute Gasteiger partial charge is 0.490 e. The van der Waals surface area contributed by atoms with E-state index in [2.05, 4.69) is 47.7 Å². The van der Waals surface area contributed by atoms with E-state index in [9.17, 15) is 5.11 Å². The molecule has 4 N–H and O–H groups in total. The summed E-state index contributed by atoms with van der Waals surface area (Å²) in [5.41, 5.74) is 11.4. The molecule has 3 rings (SSSR count). The molecule has 6 nitrogen and oxygen atoms in total. The second-order valence-corrected chi connectivity index (χ2v) is 9.34. The van der Waals surface area contributed by atoms with Gasteiger partial charge in [-0.2, -0.15) is 0 Å². The zero-order valence-electron chi connectivity index (χ0n) is 17.2. The zero-order valence-corrected chi connectivity index (χ0v) is 19.3. The van der Waals surface area contributed by atoms with Crippen LogP contribution in [0.4, 0.5) is 0 Å². The Morgan fingerprint density at radius 1 is 1.47 bits per heavy atom. The zero-order chi connectivity index (χ0) is 21.3. The first-order chi connectivity index (χ1) is 14.6. The molecule has 1 aromatic rings. The van der Waals surface area contributed by atoms with Crippen LogP contribution in [0, 0.1) is 3.57 Å². The number of nitrogens with zero attached hydrogens (tertiary/aromatic N) is 1. The highest BCUT2D eigenvalue weighted by atomic mass is 127. The van der Waals surface area contributed by atoms with Crippen molar-refractivity contribution in [3.63, 3.8) is 0 Å². The lowest BCUT2D eigenvalue weighted by Gasteiger charge is -2.22. The van der Waals surface area contributed by atoms with E-state index in [1.54, 1.807) is 12.3 Å². The van der Waals surface area contributed by atoms with Crippen LogP contribution in [-0.4, -0.2) is 34.8 Å². The fourth-order valence-electron chi connectivity index (χ4n) is 3.11. The number of aliphatic hydroxyl groups excluding tert-OH is 1. The van der Waals surface area contributed by atoms with Crippen molar-refractivity contribution < 1.29 is 14.6 Å². The monoisotopic (exact) mass is 521 g/mol. The number of fused-ring (bicyclic) bond motifs is 1. The van der Waals surface area contributed by atoms with Crippen molar-refractivity contribution >= 4 is 31.1 Å². The molecule has 160 valence electrons. The van der Waals surface area contributed by atoms with Gasteiger partial charge in [0.1, 0.15) is 9.95 Å². The molecule has 0 fully saturated rings. The summed E-state index contributed by atoms with van der Waals surface area (Å²) in [6, 6.07) is 6.40. The molecular formula is C23H28IN3O3. The van der Waals surface area contributed by atoms with Gasteiger partial charge in [0.05, 0.1) is 28.7 Å². The van der Waals surface area contributed by atoms with Crippen LogP contribution in [0.3, 0.4) is 0 Å². The minimum absolute atomic E-state index is 0.0644. The molecule has 0 spiro atoms. The molecule has 0 saturated heterocycles. The molecule has 0 radical (unpaired) electrons. The van der Waals surface area contributed by atoms with Crippen LogP contribution in [0.1, 0.15) is 31.7 Å². The SMILES string of the molecule is C=C(CO)[C@H](CCC)NC1=C(OCCCc2ccc3c(c2)OC=I3)C=NC(N)=C=C1. The summed E-state index contributed by atoms with van der Waals surface area (Å²) in [5.74, 6) is 1.90. The molecule has 0 bridgehead atoms. The third-order valence-corrected chi connectivity index (χ3v) is 6.82. The van der Waals surface area contributed by atoms with Crippen molar-refractivity contribution in [1.29, 1.82) is 0 Å². The maximum Gasteiger partial charge on any atom is 0.168 e. The summed E-state index contributed by atoms with van der Waals surface area (Å²) in [6.45, 7) is 6.53. The van der Waals surface area contributed by atoms with Gasteiger partial charge in [-0.05, 0) is 63.3 Å². The van der Waals surface area contributed by atoms with Crippen LogP contribution in [0.5, 0.6) is 5.75 Å². The number of hydrogen-bond acceptors (Lipinski definition) is 6. The molecule has 30 heavy (non-hydrogen) atoms. The smallest absolute Gasteiger partial charge is 0.168 e. The fourth-order valence-corrected chi connectivity index (χ4v) is 4.76. The molecule has 0 saturated carbocycles. The van der Waals surface area contributed by atoms with Gasteiger partial charge in [0.2, 0.25) is 0 Å². The third kappa shape index (κ3) is 6.08. The Labute approximate surface area is 187 Å². The highest BCUT2D eigenvalue weighted by molar-refractivity contribution is 14.2. The number of aliphatic imine (C=N–C) groups is 1. The van der Waals surface area contributed by atoms with Crippen LogP contribution in [0.2, 0.25) is 0 Å². The maximum absolute atomic E-state index is 9.49. The Balaban J connectivity index is 1.62. The number of nitrogens with two attached hydrogens (primary N) is 1. The molecule has 2 aliphatic heterocycles. The fraction of sp³-hybridized carbons (Fsp3) is 0.348. The number of halogens is 1. The van der Waals surface area contributed by atoms with E-state index in [-0.39, 0.29) is 33.4 Å². The molecule has 7 heteroatoms. The topological polar surface area (TPSA) is 89.1 Å². The van der Waals surface area contributed by atoms with Crippen molar-refractivity contribution in [2.45, 2.75) is 38.6 Å². The Kier molecular flexibility index (Phi) is 8.30. The number of benzene rings is 1. The predicted molar refractivity (Wildman–Crippen MR) is 129 cm³/mol. The van der Waals surface area contributed by atoms with Crippen LogP contribution < -0.4 is 15.8 Å². The first kappa shape index (κ1) is 22.3. The van der Waals surface area contributed by atoms with Gasteiger partial charge >= 0.3 is 0 Å². The molecule has 1 aromatic carbocycles. The van der Waals surface area contributed by atoms with Gasteiger partial charge in [0.25, 0.3) is 0 Å². The van der Waals surface area contributed by atoms with E-state index < -0.39 is 0 Å². The predicted octanol–water partition coefficient (Wildman–Crippen LogP) is 3.49. The van der Waals surface area contributed by atoms with Crippen molar-refractivity contribution in [2.75, 3.05) is 13.2 Å². The van der Waals surface area contributed by atoms with Gasteiger partial charge in [0, 0.05) is 12.1 Å². The molecular weight excluding hydrogens is 493 g/mol. The molecule has 2 aliphatic rings. The molecule has 2 heterocycles. The van der Waals surface area contributed by atoms with E-state index in [0.717, 1.165) is 42.7 Å². The summed E-state index contributed by atoms with van der Waals surface area (Å²) in [6.07, 6.45) is 6.92. The Hall–Kier alpha value is -2.35. The van der Waals surface area contributed by atoms with Crippen LogP contribution in [-0.2, 0) is 11.2 Å².